The van der Waals surface area contributed by atoms with Gasteiger partial charge in [-0.2, -0.15) is 0 Å². The van der Waals surface area contributed by atoms with Gasteiger partial charge in [-0.1, -0.05) is 54.6 Å². The average molecular weight is 480 g/mol. The third-order valence-electron chi connectivity index (χ3n) is 4.80. The number of hydrogen-bond acceptors (Lipinski definition) is 4. The van der Waals surface area contributed by atoms with Crippen molar-refractivity contribution >= 4 is 27.5 Å². The molecule has 1 atom stereocenters. The van der Waals surface area contributed by atoms with Gasteiger partial charge in [-0.25, -0.2) is 13.1 Å². The number of hydrogen-bond donors (Lipinski definition) is 3. The number of nitrogens with one attached hydrogen (secondary N) is 3. The Morgan fingerprint density at radius 2 is 1.47 bits per heavy atom. The van der Waals surface area contributed by atoms with Gasteiger partial charge in [0.1, 0.15) is 0 Å². The van der Waals surface area contributed by atoms with Crippen LogP contribution in [0.4, 0.5) is 5.69 Å². The van der Waals surface area contributed by atoms with E-state index in [9.17, 15) is 18.0 Å². The minimum atomic E-state index is -3.75. The Morgan fingerprint density at radius 1 is 0.853 bits per heavy atom. The van der Waals surface area contributed by atoms with Crippen LogP contribution >= 0.6 is 0 Å². The molecule has 178 valence electrons. The van der Waals surface area contributed by atoms with Crippen molar-refractivity contribution in [3.63, 3.8) is 0 Å². The summed E-state index contributed by atoms with van der Waals surface area (Å²) < 4.78 is 27.9. The molecule has 1 unspecified atom stereocenters. The SMILES string of the molecule is CC(C)(C)NS(=O)(=O)c1cccc(NC(=O)CC(NC(=O)c2ccccc2)c2ccccc2)c1. The minimum Gasteiger partial charge on any atom is -0.345 e. The van der Waals surface area contributed by atoms with Crippen molar-refractivity contribution in [2.45, 2.75) is 43.7 Å². The maximum atomic E-state index is 12.9. The van der Waals surface area contributed by atoms with Crippen LogP contribution in [0.2, 0.25) is 0 Å². The molecule has 0 saturated carbocycles. The monoisotopic (exact) mass is 479 g/mol. The highest BCUT2D eigenvalue weighted by Crippen LogP contribution is 2.21. The molecule has 0 spiro atoms. The number of rotatable bonds is 8. The molecular weight excluding hydrogens is 450 g/mol. The van der Waals surface area contributed by atoms with Crippen LogP contribution in [-0.2, 0) is 14.8 Å². The van der Waals surface area contributed by atoms with Crippen LogP contribution in [0.25, 0.3) is 0 Å². The number of benzene rings is 3. The molecule has 3 N–H and O–H groups in total. The Morgan fingerprint density at radius 3 is 2.09 bits per heavy atom. The molecule has 2 amide bonds. The summed E-state index contributed by atoms with van der Waals surface area (Å²) in [5.74, 6) is -0.649. The fraction of sp³-hybridized carbons (Fsp3) is 0.231. The van der Waals surface area contributed by atoms with Gasteiger partial charge in [0.05, 0.1) is 17.4 Å². The quantitative estimate of drug-likeness (QED) is 0.449. The maximum Gasteiger partial charge on any atom is 0.251 e. The normalized spacial score (nSPS) is 12.6. The van der Waals surface area contributed by atoms with E-state index in [1.165, 1.54) is 12.1 Å². The van der Waals surface area contributed by atoms with Gasteiger partial charge < -0.3 is 10.6 Å². The van der Waals surface area contributed by atoms with Gasteiger partial charge >= 0.3 is 0 Å². The summed E-state index contributed by atoms with van der Waals surface area (Å²) in [6.07, 6.45) is -0.0280. The fourth-order valence-electron chi connectivity index (χ4n) is 3.37. The van der Waals surface area contributed by atoms with Crippen molar-refractivity contribution in [1.82, 2.24) is 10.0 Å². The minimum absolute atomic E-state index is 0.0280. The Balaban J connectivity index is 1.76. The van der Waals surface area contributed by atoms with Crippen LogP contribution in [0.1, 0.15) is 49.2 Å². The first-order valence-electron chi connectivity index (χ1n) is 10.9. The van der Waals surface area contributed by atoms with E-state index in [0.29, 0.717) is 11.3 Å². The molecule has 0 fully saturated rings. The number of amides is 2. The summed E-state index contributed by atoms with van der Waals surface area (Å²) in [4.78, 5) is 25.7. The summed E-state index contributed by atoms with van der Waals surface area (Å²) in [6.45, 7) is 5.26. The first kappa shape index (κ1) is 25.1. The molecule has 0 aliphatic rings. The zero-order valence-corrected chi connectivity index (χ0v) is 20.2. The highest BCUT2D eigenvalue weighted by molar-refractivity contribution is 7.89. The van der Waals surface area contributed by atoms with E-state index >= 15 is 0 Å². The van der Waals surface area contributed by atoms with Crippen LogP contribution in [-0.4, -0.2) is 25.8 Å². The van der Waals surface area contributed by atoms with E-state index in [1.807, 2.05) is 36.4 Å². The van der Waals surface area contributed by atoms with Crippen LogP contribution in [0.15, 0.2) is 89.8 Å². The number of carbonyl (C=O) groups is 2. The lowest BCUT2D eigenvalue weighted by Crippen LogP contribution is -2.40. The van der Waals surface area contributed by atoms with Gasteiger partial charge in [-0.3, -0.25) is 9.59 Å². The molecule has 0 bridgehead atoms. The standard InChI is InChI=1S/C26H29N3O4S/c1-26(2,3)29-34(32,33)22-16-10-15-21(17-22)27-24(30)18-23(19-11-6-4-7-12-19)28-25(31)20-13-8-5-9-14-20/h4-17,23,29H,18H2,1-3H3,(H,27,30)(H,28,31). The number of anilines is 1. The molecular formula is C26H29N3O4S. The summed E-state index contributed by atoms with van der Waals surface area (Å²) in [6, 6.07) is 23.5. The molecule has 3 aromatic rings. The van der Waals surface area contributed by atoms with Gasteiger partial charge in [-0.05, 0) is 56.7 Å². The molecule has 7 nitrogen and oxygen atoms in total. The van der Waals surface area contributed by atoms with Crippen LogP contribution < -0.4 is 15.4 Å². The first-order valence-corrected chi connectivity index (χ1v) is 12.4. The zero-order chi connectivity index (χ0) is 24.8. The van der Waals surface area contributed by atoms with Crippen molar-refractivity contribution in [3.05, 3.63) is 96.1 Å². The van der Waals surface area contributed by atoms with Crippen LogP contribution in [0.3, 0.4) is 0 Å². The van der Waals surface area contributed by atoms with Gasteiger partial charge in [0.15, 0.2) is 0 Å². The summed E-state index contributed by atoms with van der Waals surface area (Å²) in [7, 11) is -3.75. The van der Waals surface area contributed by atoms with Gasteiger partial charge in [-0.15, -0.1) is 0 Å². The molecule has 34 heavy (non-hydrogen) atoms. The molecule has 0 saturated heterocycles. The van der Waals surface area contributed by atoms with Gasteiger partial charge in [0.25, 0.3) is 5.91 Å². The van der Waals surface area contributed by atoms with E-state index < -0.39 is 21.6 Å². The van der Waals surface area contributed by atoms with E-state index in [2.05, 4.69) is 15.4 Å². The number of sulfonamides is 1. The predicted molar refractivity (Wildman–Crippen MR) is 133 cm³/mol. The molecule has 3 rings (SSSR count). The lowest BCUT2D eigenvalue weighted by Gasteiger charge is -2.21. The van der Waals surface area contributed by atoms with Gasteiger partial charge in [0, 0.05) is 16.8 Å². The molecule has 0 aromatic heterocycles. The molecule has 0 aliphatic heterocycles. The predicted octanol–water partition coefficient (Wildman–Crippen LogP) is 4.26. The molecule has 3 aromatic carbocycles. The topological polar surface area (TPSA) is 104 Å². The molecule has 0 heterocycles. The zero-order valence-electron chi connectivity index (χ0n) is 19.4. The second-order valence-electron chi connectivity index (χ2n) is 8.94. The highest BCUT2D eigenvalue weighted by atomic mass is 32.2. The summed E-state index contributed by atoms with van der Waals surface area (Å²) in [5.41, 5.74) is 0.988. The van der Waals surface area contributed by atoms with Crippen molar-refractivity contribution in [2.75, 3.05) is 5.32 Å². The van der Waals surface area contributed by atoms with Crippen LogP contribution in [0, 0.1) is 0 Å². The average Bonchev–Trinajstić information content (AvgIpc) is 2.78. The van der Waals surface area contributed by atoms with Gasteiger partial charge in [0.2, 0.25) is 15.9 Å². The Labute approximate surface area is 200 Å². The lowest BCUT2D eigenvalue weighted by molar-refractivity contribution is -0.116. The highest BCUT2D eigenvalue weighted by Gasteiger charge is 2.23. The molecule has 0 radical (unpaired) electrons. The fourth-order valence-corrected chi connectivity index (χ4v) is 4.83. The smallest absolute Gasteiger partial charge is 0.251 e. The van der Waals surface area contributed by atoms with Crippen LogP contribution in [0.5, 0.6) is 0 Å². The Bertz CT molecular complexity index is 1240. The second kappa shape index (κ2) is 10.6. The Kier molecular flexibility index (Phi) is 7.86. The largest absolute Gasteiger partial charge is 0.345 e. The van der Waals surface area contributed by atoms with E-state index in [-0.39, 0.29) is 23.1 Å². The van der Waals surface area contributed by atoms with Crippen molar-refractivity contribution in [1.29, 1.82) is 0 Å². The van der Waals surface area contributed by atoms with Crippen molar-refractivity contribution in [3.8, 4) is 0 Å². The van der Waals surface area contributed by atoms with Crippen molar-refractivity contribution in [2.24, 2.45) is 0 Å². The first-order chi connectivity index (χ1) is 16.0. The summed E-state index contributed by atoms with van der Waals surface area (Å²) in [5, 5.41) is 5.67. The Hall–Kier alpha value is -3.49. The summed E-state index contributed by atoms with van der Waals surface area (Å²) >= 11 is 0. The van der Waals surface area contributed by atoms with Crippen molar-refractivity contribution < 1.29 is 18.0 Å². The van der Waals surface area contributed by atoms with E-state index in [4.69, 9.17) is 0 Å². The third-order valence-corrected chi connectivity index (χ3v) is 6.56. The lowest BCUT2D eigenvalue weighted by atomic mass is 10.0. The number of carbonyl (C=O) groups excluding carboxylic acids is 2. The van der Waals surface area contributed by atoms with E-state index in [1.54, 1.807) is 57.2 Å². The van der Waals surface area contributed by atoms with E-state index in [0.717, 1.165) is 5.56 Å². The second-order valence-corrected chi connectivity index (χ2v) is 10.6. The third kappa shape index (κ3) is 7.26. The molecule has 0 aliphatic carbocycles. The maximum absolute atomic E-state index is 12.9. The molecule has 8 heteroatoms.